The van der Waals surface area contributed by atoms with E-state index in [1.54, 1.807) is 33.3 Å². The minimum absolute atomic E-state index is 0.0118. The molecule has 2 aliphatic heterocycles. The van der Waals surface area contributed by atoms with E-state index in [9.17, 15) is 9.59 Å². The Morgan fingerprint density at radius 1 is 1.22 bits per heavy atom. The molecule has 2 heterocycles. The Balaban J connectivity index is 1.49. The fourth-order valence-corrected chi connectivity index (χ4v) is 5.10. The minimum atomic E-state index is -0.613. The summed E-state index contributed by atoms with van der Waals surface area (Å²) in [5, 5.41) is 3.98. The third-order valence-electron chi connectivity index (χ3n) is 6.71. The summed E-state index contributed by atoms with van der Waals surface area (Å²) >= 11 is 6.35. The smallest absolute Gasteiger partial charge is 0.256 e. The second-order valence-electron chi connectivity index (χ2n) is 9.99. The van der Waals surface area contributed by atoms with E-state index < -0.39 is 6.10 Å². The van der Waals surface area contributed by atoms with Gasteiger partial charge < -0.3 is 19.9 Å². The van der Waals surface area contributed by atoms with Crippen LogP contribution in [0.15, 0.2) is 54.2 Å². The SMILES string of the molecule is C=C/C=C(\C=C(C)C)[C@H](OC)C(=O)N1CCC(N2CC(Nc3ccc(C(=O)N(C)C)c(Cl)c3)C2)CC1. The highest BCUT2D eigenvalue weighted by atomic mass is 35.5. The largest absolute Gasteiger partial charge is 0.380 e. The summed E-state index contributed by atoms with van der Waals surface area (Å²) in [7, 11) is 5.01. The predicted octanol–water partition coefficient (Wildman–Crippen LogP) is 4.22. The van der Waals surface area contributed by atoms with Gasteiger partial charge in [-0.25, -0.2) is 0 Å². The molecule has 36 heavy (non-hydrogen) atoms. The van der Waals surface area contributed by atoms with Gasteiger partial charge in [-0.05, 0) is 50.5 Å². The zero-order valence-electron chi connectivity index (χ0n) is 22.1. The predicted molar refractivity (Wildman–Crippen MR) is 147 cm³/mol. The number of nitrogens with one attached hydrogen (secondary N) is 1. The number of methoxy groups -OCH3 is 1. The maximum absolute atomic E-state index is 13.2. The lowest BCUT2D eigenvalue weighted by molar-refractivity contribution is -0.141. The highest BCUT2D eigenvalue weighted by Gasteiger charge is 2.36. The van der Waals surface area contributed by atoms with Crippen molar-refractivity contribution in [2.75, 3.05) is 52.7 Å². The highest BCUT2D eigenvalue weighted by molar-refractivity contribution is 6.34. The molecule has 0 bridgehead atoms. The van der Waals surface area contributed by atoms with Gasteiger partial charge in [0.05, 0.1) is 16.6 Å². The van der Waals surface area contributed by atoms with E-state index >= 15 is 0 Å². The molecular formula is C28H39ClN4O3. The van der Waals surface area contributed by atoms with Gasteiger partial charge in [0.1, 0.15) is 0 Å². The van der Waals surface area contributed by atoms with E-state index in [4.69, 9.17) is 16.3 Å². The van der Waals surface area contributed by atoms with E-state index in [0.29, 0.717) is 22.7 Å². The number of likely N-dealkylation sites (tertiary alicyclic amines) is 2. The van der Waals surface area contributed by atoms with Gasteiger partial charge in [-0.15, -0.1) is 0 Å². The molecule has 196 valence electrons. The third kappa shape index (κ3) is 6.78. The van der Waals surface area contributed by atoms with Gasteiger partial charge in [-0.2, -0.15) is 0 Å². The van der Waals surface area contributed by atoms with Gasteiger partial charge in [-0.1, -0.05) is 42.0 Å². The van der Waals surface area contributed by atoms with Crippen molar-refractivity contribution in [3.05, 3.63) is 64.7 Å². The molecule has 2 aliphatic rings. The lowest BCUT2D eigenvalue weighted by Gasteiger charge is -2.47. The first-order valence-corrected chi connectivity index (χ1v) is 12.8. The van der Waals surface area contributed by atoms with E-state index in [2.05, 4.69) is 16.8 Å². The van der Waals surface area contributed by atoms with Gasteiger partial charge in [-0.3, -0.25) is 14.5 Å². The van der Waals surface area contributed by atoms with Crippen molar-refractivity contribution in [2.45, 2.75) is 44.9 Å². The van der Waals surface area contributed by atoms with E-state index in [1.807, 2.05) is 43.0 Å². The van der Waals surface area contributed by atoms with E-state index in [0.717, 1.165) is 55.9 Å². The van der Waals surface area contributed by atoms with Crippen molar-refractivity contribution in [1.29, 1.82) is 0 Å². The summed E-state index contributed by atoms with van der Waals surface area (Å²) < 4.78 is 5.60. The lowest BCUT2D eigenvalue weighted by atomic mass is 9.96. The number of allylic oxidation sites excluding steroid dienone is 3. The Kier molecular flexibility index (Phi) is 9.77. The summed E-state index contributed by atoms with van der Waals surface area (Å²) in [6, 6.07) is 6.31. The number of hydrogen-bond acceptors (Lipinski definition) is 5. The molecule has 0 spiro atoms. The molecule has 2 fully saturated rings. The molecule has 3 rings (SSSR count). The average molecular weight is 515 g/mol. The van der Waals surface area contributed by atoms with Crippen LogP contribution in [0.2, 0.25) is 5.02 Å². The first-order chi connectivity index (χ1) is 17.1. The molecule has 0 saturated carbocycles. The van der Waals surface area contributed by atoms with Crippen LogP contribution in [0.5, 0.6) is 0 Å². The number of benzene rings is 1. The van der Waals surface area contributed by atoms with Gasteiger partial charge in [0, 0.05) is 59.1 Å². The molecule has 1 aromatic rings. The minimum Gasteiger partial charge on any atom is -0.380 e. The number of hydrogen-bond donors (Lipinski definition) is 1. The number of piperidine rings is 1. The lowest BCUT2D eigenvalue weighted by Crippen LogP contribution is -2.61. The fraction of sp³-hybridized carbons (Fsp3) is 0.500. The number of carbonyl (C=O) groups excluding carboxylic acids is 2. The zero-order chi connectivity index (χ0) is 26.4. The first-order valence-electron chi connectivity index (χ1n) is 12.5. The van der Waals surface area contributed by atoms with Crippen molar-refractivity contribution in [3.8, 4) is 0 Å². The summed E-state index contributed by atoms with van der Waals surface area (Å²) in [6.07, 6.45) is 6.81. The summed E-state index contributed by atoms with van der Waals surface area (Å²) in [6.45, 7) is 11.1. The number of amides is 2. The van der Waals surface area contributed by atoms with Gasteiger partial charge in [0.15, 0.2) is 6.10 Å². The van der Waals surface area contributed by atoms with Crippen LogP contribution in [0, 0.1) is 0 Å². The monoisotopic (exact) mass is 514 g/mol. The van der Waals surface area contributed by atoms with E-state index in [1.165, 1.54) is 4.90 Å². The Bertz CT molecular complexity index is 1020. The summed E-state index contributed by atoms with van der Waals surface area (Å²) in [5.41, 5.74) is 3.37. The molecule has 1 N–H and O–H groups in total. The van der Waals surface area contributed by atoms with Crippen molar-refractivity contribution in [2.24, 2.45) is 0 Å². The normalized spacial score (nSPS) is 18.3. The van der Waals surface area contributed by atoms with Gasteiger partial charge in [0.2, 0.25) is 0 Å². The average Bonchev–Trinajstić information content (AvgIpc) is 2.81. The van der Waals surface area contributed by atoms with Crippen LogP contribution in [0.3, 0.4) is 0 Å². The second kappa shape index (κ2) is 12.6. The molecule has 8 heteroatoms. The molecule has 1 atom stereocenters. The Morgan fingerprint density at radius 3 is 2.42 bits per heavy atom. The van der Waals surface area contributed by atoms with Crippen LogP contribution in [-0.4, -0.2) is 92.1 Å². The van der Waals surface area contributed by atoms with Crippen LogP contribution in [0.25, 0.3) is 0 Å². The summed E-state index contributed by atoms with van der Waals surface area (Å²) in [5.74, 6) is -0.0920. The van der Waals surface area contributed by atoms with Crippen LogP contribution >= 0.6 is 11.6 Å². The molecule has 0 unspecified atom stereocenters. The number of carbonyl (C=O) groups is 2. The number of halogens is 1. The highest BCUT2D eigenvalue weighted by Crippen LogP contribution is 2.27. The van der Waals surface area contributed by atoms with Crippen molar-refractivity contribution < 1.29 is 14.3 Å². The number of nitrogens with zero attached hydrogens (tertiary/aromatic N) is 3. The Hall–Kier alpha value is -2.61. The summed E-state index contributed by atoms with van der Waals surface area (Å²) in [4.78, 5) is 31.3. The van der Waals surface area contributed by atoms with Crippen LogP contribution < -0.4 is 5.32 Å². The van der Waals surface area contributed by atoms with Crippen LogP contribution in [-0.2, 0) is 9.53 Å². The van der Waals surface area contributed by atoms with Gasteiger partial charge in [0.25, 0.3) is 11.8 Å². The molecule has 2 saturated heterocycles. The standard InChI is InChI=1S/C28H39ClN4O3/c1-7-8-20(15-19(2)3)26(36-6)28(35)32-13-11-23(12-14-32)33-17-22(18-33)30-21-9-10-24(25(29)16-21)27(34)31(4)5/h7-10,15-16,22-23,26,30H,1,11-14,17-18H2,2-6H3/b20-8+/t26-/m0/s1. The quantitative estimate of drug-likeness (QED) is 0.500. The number of anilines is 1. The molecule has 7 nitrogen and oxygen atoms in total. The first kappa shape index (κ1) is 28.0. The zero-order valence-corrected chi connectivity index (χ0v) is 22.8. The van der Waals surface area contributed by atoms with Crippen molar-refractivity contribution in [3.63, 3.8) is 0 Å². The number of ether oxygens (including phenoxy) is 1. The molecule has 0 radical (unpaired) electrons. The van der Waals surface area contributed by atoms with Crippen molar-refractivity contribution >= 4 is 29.1 Å². The van der Waals surface area contributed by atoms with Crippen LogP contribution in [0.1, 0.15) is 37.0 Å². The fourth-order valence-electron chi connectivity index (χ4n) is 4.83. The maximum atomic E-state index is 13.2. The third-order valence-corrected chi connectivity index (χ3v) is 7.02. The second-order valence-corrected chi connectivity index (χ2v) is 10.4. The van der Waals surface area contributed by atoms with Gasteiger partial charge >= 0.3 is 0 Å². The number of rotatable bonds is 9. The van der Waals surface area contributed by atoms with Crippen molar-refractivity contribution in [1.82, 2.24) is 14.7 Å². The molecule has 2 amide bonds. The molecule has 0 aromatic heterocycles. The Morgan fingerprint density at radius 2 is 1.89 bits per heavy atom. The molecular weight excluding hydrogens is 476 g/mol. The topological polar surface area (TPSA) is 65.1 Å². The molecule has 0 aliphatic carbocycles. The Labute approximate surface area is 220 Å². The van der Waals surface area contributed by atoms with Crippen LogP contribution in [0.4, 0.5) is 5.69 Å². The molecule has 1 aromatic carbocycles. The van der Waals surface area contributed by atoms with E-state index in [-0.39, 0.29) is 11.8 Å². The maximum Gasteiger partial charge on any atom is 0.256 e.